The standard InChI is InChI=1S/C21H18N4/c1-15-18(13-19-21(23-15)25(2)14-22-19)24-20(16-9-5-3-6-10-16)17-11-7-4-8-12-17/h3-14H,1-2H3. The maximum absolute atomic E-state index is 4.96. The largest absolute Gasteiger partial charge is 0.318 e. The number of aliphatic imine (C=N–C) groups is 1. The summed E-state index contributed by atoms with van der Waals surface area (Å²) < 4.78 is 1.92. The van der Waals surface area contributed by atoms with Gasteiger partial charge in [-0.05, 0) is 13.0 Å². The van der Waals surface area contributed by atoms with E-state index in [4.69, 9.17) is 4.99 Å². The molecular weight excluding hydrogens is 308 g/mol. The molecule has 4 nitrogen and oxygen atoms in total. The van der Waals surface area contributed by atoms with Crippen LogP contribution in [0.4, 0.5) is 5.69 Å². The Bertz CT molecular complexity index is 1010. The number of imidazole rings is 1. The van der Waals surface area contributed by atoms with E-state index in [9.17, 15) is 0 Å². The van der Waals surface area contributed by atoms with E-state index in [0.717, 1.165) is 39.4 Å². The maximum atomic E-state index is 4.96. The Kier molecular flexibility index (Phi) is 3.86. The highest BCUT2D eigenvalue weighted by atomic mass is 15.1. The molecule has 4 aromatic rings. The molecule has 0 saturated heterocycles. The van der Waals surface area contributed by atoms with Crippen LogP contribution in [0.15, 0.2) is 78.0 Å². The first-order valence-corrected chi connectivity index (χ1v) is 8.20. The maximum Gasteiger partial charge on any atom is 0.159 e. The first-order valence-electron chi connectivity index (χ1n) is 8.20. The van der Waals surface area contributed by atoms with Crippen LogP contribution in [-0.2, 0) is 7.05 Å². The van der Waals surface area contributed by atoms with Crippen LogP contribution in [0.2, 0.25) is 0 Å². The molecule has 0 radical (unpaired) electrons. The zero-order valence-corrected chi connectivity index (χ0v) is 14.2. The molecule has 0 atom stereocenters. The molecule has 4 rings (SSSR count). The number of aryl methyl sites for hydroxylation is 2. The van der Waals surface area contributed by atoms with Gasteiger partial charge in [0.1, 0.15) is 5.52 Å². The van der Waals surface area contributed by atoms with E-state index < -0.39 is 0 Å². The molecule has 0 bridgehead atoms. The van der Waals surface area contributed by atoms with Gasteiger partial charge in [-0.25, -0.2) is 15.0 Å². The molecule has 0 spiro atoms. The SMILES string of the molecule is Cc1nc2c(cc1N=C(c1ccccc1)c1ccccc1)ncn2C. The fourth-order valence-corrected chi connectivity index (χ4v) is 2.85. The summed E-state index contributed by atoms with van der Waals surface area (Å²) in [4.78, 5) is 14.0. The zero-order chi connectivity index (χ0) is 17.2. The summed E-state index contributed by atoms with van der Waals surface area (Å²) in [6.45, 7) is 1.98. The van der Waals surface area contributed by atoms with Crippen molar-refractivity contribution in [2.45, 2.75) is 6.92 Å². The molecule has 0 amide bonds. The average Bonchev–Trinajstić information content (AvgIpc) is 3.01. The summed E-state index contributed by atoms with van der Waals surface area (Å²) in [5.74, 6) is 0. The number of nitrogens with zero attached hydrogens (tertiary/aromatic N) is 4. The molecule has 4 heteroatoms. The highest BCUT2D eigenvalue weighted by Gasteiger charge is 2.10. The molecule has 0 saturated carbocycles. The number of hydrogen-bond donors (Lipinski definition) is 0. The van der Waals surface area contributed by atoms with Crippen LogP contribution in [0.25, 0.3) is 11.2 Å². The number of aromatic nitrogens is 3. The minimum atomic E-state index is 0.842. The first-order chi connectivity index (χ1) is 12.2. The van der Waals surface area contributed by atoms with Crippen LogP contribution in [0.5, 0.6) is 0 Å². The van der Waals surface area contributed by atoms with Gasteiger partial charge in [0.2, 0.25) is 0 Å². The van der Waals surface area contributed by atoms with Gasteiger partial charge in [0, 0.05) is 18.2 Å². The minimum absolute atomic E-state index is 0.842. The van der Waals surface area contributed by atoms with E-state index >= 15 is 0 Å². The second-order valence-electron chi connectivity index (χ2n) is 5.98. The van der Waals surface area contributed by atoms with E-state index in [0.29, 0.717) is 0 Å². The van der Waals surface area contributed by atoms with Gasteiger partial charge in [-0.15, -0.1) is 0 Å². The van der Waals surface area contributed by atoms with Crippen molar-refractivity contribution in [3.05, 3.63) is 89.9 Å². The van der Waals surface area contributed by atoms with Crippen LogP contribution < -0.4 is 0 Å². The molecule has 0 aliphatic rings. The molecule has 0 unspecified atom stereocenters. The number of pyridine rings is 1. The van der Waals surface area contributed by atoms with Crippen molar-refractivity contribution < 1.29 is 0 Å². The summed E-state index contributed by atoms with van der Waals surface area (Å²) >= 11 is 0. The van der Waals surface area contributed by atoms with Crippen LogP contribution >= 0.6 is 0 Å². The van der Waals surface area contributed by atoms with E-state index in [1.165, 1.54) is 0 Å². The van der Waals surface area contributed by atoms with Gasteiger partial charge in [-0.2, -0.15) is 0 Å². The molecule has 2 aromatic carbocycles. The Hall–Kier alpha value is -3.27. The quantitative estimate of drug-likeness (QED) is 0.522. The van der Waals surface area contributed by atoms with Crippen molar-refractivity contribution in [2.24, 2.45) is 12.0 Å². The normalized spacial score (nSPS) is 10.8. The van der Waals surface area contributed by atoms with Gasteiger partial charge in [-0.3, -0.25) is 0 Å². The first kappa shape index (κ1) is 15.3. The average molecular weight is 326 g/mol. The molecule has 25 heavy (non-hydrogen) atoms. The summed E-state index contributed by atoms with van der Waals surface area (Å²) in [7, 11) is 1.95. The van der Waals surface area contributed by atoms with E-state index in [2.05, 4.69) is 34.2 Å². The molecular formula is C21H18N4. The second-order valence-corrected chi connectivity index (χ2v) is 5.98. The third-order valence-electron chi connectivity index (χ3n) is 4.18. The molecule has 0 fully saturated rings. The second kappa shape index (κ2) is 6.32. The number of benzene rings is 2. The predicted molar refractivity (Wildman–Crippen MR) is 101 cm³/mol. The van der Waals surface area contributed by atoms with Crippen molar-refractivity contribution >= 4 is 22.6 Å². The topological polar surface area (TPSA) is 43.1 Å². The van der Waals surface area contributed by atoms with Crippen LogP contribution in [-0.4, -0.2) is 20.2 Å². The zero-order valence-electron chi connectivity index (χ0n) is 14.2. The summed E-state index contributed by atoms with van der Waals surface area (Å²) in [6, 6.07) is 22.5. The van der Waals surface area contributed by atoms with Crippen LogP contribution in [0.1, 0.15) is 16.8 Å². The van der Waals surface area contributed by atoms with Gasteiger partial charge in [0.15, 0.2) is 5.65 Å². The van der Waals surface area contributed by atoms with Gasteiger partial charge in [-0.1, -0.05) is 60.7 Å². The van der Waals surface area contributed by atoms with E-state index in [-0.39, 0.29) is 0 Å². The molecule has 0 aliphatic heterocycles. The van der Waals surface area contributed by atoms with E-state index in [1.54, 1.807) is 6.33 Å². The lowest BCUT2D eigenvalue weighted by molar-refractivity contribution is 0.927. The van der Waals surface area contributed by atoms with Crippen molar-refractivity contribution in [3.63, 3.8) is 0 Å². The van der Waals surface area contributed by atoms with Crippen molar-refractivity contribution in [3.8, 4) is 0 Å². The monoisotopic (exact) mass is 326 g/mol. The van der Waals surface area contributed by atoms with Gasteiger partial charge < -0.3 is 4.57 Å². The fraction of sp³-hybridized carbons (Fsp3) is 0.0952. The Morgan fingerprint density at radius 2 is 1.52 bits per heavy atom. The number of fused-ring (bicyclic) bond motifs is 1. The Balaban J connectivity index is 1.92. The molecule has 0 aliphatic carbocycles. The van der Waals surface area contributed by atoms with Gasteiger partial charge in [0.25, 0.3) is 0 Å². The van der Waals surface area contributed by atoms with Gasteiger partial charge >= 0.3 is 0 Å². The number of rotatable bonds is 3. The van der Waals surface area contributed by atoms with Crippen molar-refractivity contribution in [1.82, 2.24) is 14.5 Å². The summed E-state index contributed by atoms with van der Waals surface area (Å²) in [5.41, 5.74) is 6.55. The highest BCUT2D eigenvalue weighted by Crippen LogP contribution is 2.24. The predicted octanol–water partition coefficient (Wildman–Crippen LogP) is 4.45. The Labute approximate surface area is 146 Å². The van der Waals surface area contributed by atoms with E-state index in [1.807, 2.05) is 61.0 Å². The summed E-state index contributed by atoms with van der Waals surface area (Å²) in [5, 5.41) is 0. The van der Waals surface area contributed by atoms with Crippen LogP contribution in [0.3, 0.4) is 0 Å². The fourth-order valence-electron chi connectivity index (χ4n) is 2.85. The van der Waals surface area contributed by atoms with Crippen LogP contribution in [0, 0.1) is 6.92 Å². The lowest BCUT2D eigenvalue weighted by atomic mass is 10.0. The minimum Gasteiger partial charge on any atom is -0.318 e. The Morgan fingerprint density at radius 1 is 0.920 bits per heavy atom. The third-order valence-corrected chi connectivity index (χ3v) is 4.18. The third kappa shape index (κ3) is 2.94. The summed E-state index contributed by atoms with van der Waals surface area (Å²) in [6.07, 6.45) is 1.78. The van der Waals surface area contributed by atoms with Crippen molar-refractivity contribution in [1.29, 1.82) is 0 Å². The lowest BCUT2D eigenvalue weighted by Crippen LogP contribution is -2.03. The molecule has 0 N–H and O–H groups in total. The van der Waals surface area contributed by atoms with Crippen molar-refractivity contribution in [2.75, 3.05) is 0 Å². The highest BCUT2D eigenvalue weighted by molar-refractivity contribution is 6.14. The van der Waals surface area contributed by atoms with Gasteiger partial charge in [0.05, 0.1) is 23.4 Å². The Morgan fingerprint density at radius 3 is 2.12 bits per heavy atom. The lowest BCUT2D eigenvalue weighted by Gasteiger charge is -2.09. The molecule has 2 heterocycles. The molecule has 2 aromatic heterocycles. The smallest absolute Gasteiger partial charge is 0.159 e. The molecule has 122 valence electrons. The number of hydrogen-bond acceptors (Lipinski definition) is 3.